The number of nitro groups is 1. The molecule has 1 N–H and O–H groups in total. The fourth-order valence-corrected chi connectivity index (χ4v) is 1.78. The Kier molecular flexibility index (Phi) is 3.78. The molecule has 0 bridgehead atoms. The van der Waals surface area contributed by atoms with Crippen LogP contribution in [-0.4, -0.2) is 30.4 Å². The third-order valence-corrected chi connectivity index (χ3v) is 2.77. The second-order valence-electron chi connectivity index (χ2n) is 4.22. The zero-order chi connectivity index (χ0) is 14.7. The van der Waals surface area contributed by atoms with Gasteiger partial charge in [0.2, 0.25) is 5.91 Å². The molecule has 1 unspecified atom stereocenters. The van der Waals surface area contributed by atoms with Crippen LogP contribution in [0.2, 0.25) is 0 Å². The summed E-state index contributed by atoms with van der Waals surface area (Å²) in [5, 5.41) is 21.2. The van der Waals surface area contributed by atoms with Gasteiger partial charge in [-0.3, -0.25) is 24.3 Å². The van der Waals surface area contributed by atoms with Gasteiger partial charge in [-0.2, -0.15) is 10.2 Å². The van der Waals surface area contributed by atoms with Crippen LogP contribution in [0.1, 0.15) is 19.4 Å². The molecule has 0 spiro atoms. The number of nitrogens with one attached hydrogen (secondary N) is 1. The second kappa shape index (κ2) is 5.51. The monoisotopic (exact) mass is 278 g/mol. The third-order valence-electron chi connectivity index (χ3n) is 2.77. The smallest absolute Gasteiger partial charge is 0.307 e. The summed E-state index contributed by atoms with van der Waals surface area (Å²) in [6.07, 6.45) is 4.52. The van der Waals surface area contributed by atoms with Gasteiger partial charge in [0.05, 0.1) is 4.92 Å². The van der Waals surface area contributed by atoms with E-state index >= 15 is 0 Å². The minimum absolute atomic E-state index is 0.144. The summed E-state index contributed by atoms with van der Waals surface area (Å²) in [5.41, 5.74) is -0.144. The Hall–Kier alpha value is -2.71. The number of hydrogen-bond donors (Lipinski definition) is 1. The van der Waals surface area contributed by atoms with Crippen molar-refractivity contribution in [1.29, 1.82) is 0 Å². The lowest BCUT2D eigenvalue weighted by molar-refractivity contribution is -0.385. The summed E-state index contributed by atoms with van der Waals surface area (Å²) in [6, 6.07) is 1.04. The van der Waals surface area contributed by atoms with Gasteiger partial charge in [0, 0.05) is 19.3 Å². The van der Waals surface area contributed by atoms with Crippen LogP contribution in [0.5, 0.6) is 0 Å². The Bertz CT molecular complexity index is 632. The predicted molar refractivity (Wildman–Crippen MR) is 70.0 cm³/mol. The highest BCUT2D eigenvalue weighted by Crippen LogP contribution is 2.17. The van der Waals surface area contributed by atoms with Crippen molar-refractivity contribution in [2.24, 2.45) is 7.05 Å². The van der Waals surface area contributed by atoms with Crippen LogP contribution in [-0.2, 0) is 11.8 Å². The van der Waals surface area contributed by atoms with Crippen molar-refractivity contribution >= 4 is 17.4 Å². The van der Waals surface area contributed by atoms with E-state index in [1.54, 1.807) is 30.9 Å². The summed E-state index contributed by atoms with van der Waals surface area (Å²) < 4.78 is 2.85. The first-order valence-electron chi connectivity index (χ1n) is 6.00. The van der Waals surface area contributed by atoms with E-state index in [0.717, 1.165) is 6.20 Å². The summed E-state index contributed by atoms with van der Waals surface area (Å²) in [4.78, 5) is 22.2. The van der Waals surface area contributed by atoms with Crippen LogP contribution >= 0.6 is 0 Å². The van der Waals surface area contributed by atoms with Crippen LogP contribution in [0.25, 0.3) is 0 Å². The van der Waals surface area contributed by atoms with Crippen molar-refractivity contribution in [3.8, 4) is 0 Å². The molecule has 1 amide bonds. The van der Waals surface area contributed by atoms with Crippen molar-refractivity contribution in [1.82, 2.24) is 19.6 Å². The number of anilines is 1. The van der Waals surface area contributed by atoms with E-state index in [-0.39, 0.29) is 11.6 Å². The summed E-state index contributed by atoms with van der Waals surface area (Å²) in [6.45, 7) is 1.80. The third kappa shape index (κ3) is 2.82. The molecule has 0 aromatic carbocycles. The highest BCUT2D eigenvalue weighted by Gasteiger charge is 2.22. The van der Waals surface area contributed by atoms with E-state index in [0.29, 0.717) is 12.2 Å². The SMILES string of the molecule is CCC(C(=O)Nc1ccn(C)n1)n1cc([N+](=O)[O-])cn1. The molecule has 0 saturated heterocycles. The number of aromatic nitrogens is 4. The van der Waals surface area contributed by atoms with Crippen LogP contribution in [0.4, 0.5) is 11.5 Å². The molecule has 2 aromatic rings. The van der Waals surface area contributed by atoms with E-state index in [4.69, 9.17) is 0 Å². The maximum absolute atomic E-state index is 12.1. The fraction of sp³-hybridized carbons (Fsp3) is 0.364. The molecule has 0 saturated carbocycles. The number of rotatable bonds is 5. The zero-order valence-electron chi connectivity index (χ0n) is 11.1. The molecule has 2 heterocycles. The number of aryl methyl sites for hydroxylation is 1. The molecule has 2 aromatic heterocycles. The summed E-state index contributed by atoms with van der Waals surface area (Å²) in [5.74, 6) is 0.113. The van der Waals surface area contributed by atoms with E-state index in [1.165, 1.54) is 10.9 Å². The number of nitrogens with zero attached hydrogens (tertiary/aromatic N) is 5. The van der Waals surface area contributed by atoms with Gasteiger partial charge in [-0.1, -0.05) is 6.92 Å². The van der Waals surface area contributed by atoms with E-state index in [2.05, 4.69) is 15.5 Å². The molecule has 0 aliphatic heterocycles. The molecule has 9 nitrogen and oxygen atoms in total. The second-order valence-corrected chi connectivity index (χ2v) is 4.22. The minimum atomic E-state index is -0.620. The number of hydrogen-bond acceptors (Lipinski definition) is 5. The Morgan fingerprint density at radius 1 is 1.60 bits per heavy atom. The number of amides is 1. The normalized spacial score (nSPS) is 12.1. The average molecular weight is 278 g/mol. The molecule has 2 rings (SSSR count). The van der Waals surface area contributed by atoms with Gasteiger partial charge < -0.3 is 5.32 Å². The van der Waals surface area contributed by atoms with Gasteiger partial charge in [-0.05, 0) is 6.42 Å². The Morgan fingerprint density at radius 3 is 2.85 bits per heavy atom. The largest absolute Gasteiger partial charge is 0.307 e. The standard InChI is InChI=1S/C11H14N6O3/c1-3-9(16-7-8(6-12-16)17(19)20)11(18)13-10-4-5-15(2)14-10/h4-7,9H,3H2,1-2H3,(H,13,14,18). The summed E-state index contributed by atoms with van der Waals surface area (Å²) >= 11 is 0. The summed E-state index contributed by atoms with van der Waals surface area (Å²) in [7, 11) is 1.74. The predicted octanol–water partition coefficient (Wildman–Crippen LogP) is 1.11. The van der Waals surface area contributed by atoms with Crippen molar-refractivity contribution in [3.05, 3.63) is 34.8 Å². The Morgan fingerprint density at radius 2 is 2.35 bits per heavy atom. The van der Waals surface area contributed by atoms with Gasteiger partial charge >= 0.3 is 5.69 Å². The van der Waals surface area contributed by atoms with Crippen LogP contribution in [0.3, 0.4) is 0 Å². The van der Waals surface area contributed by atoms with Gasteiger partial charge in [0.25, 0.3) is 0 Å². The van der Waals surface area contributed by atoms with Gasteiger partial charge in [-0.15, -0.1) is 0 Å². The molecule has 0 radical (unpaired) electrons. The van der Waals surface area contributed by atoms with Crippen molar-refractivity contribution in [3.63, 3.8) is 0 Å². The number of carbonyl (C=O) groups is 1. The molecule has 106 valence electrons. The molecular weight excluding hydrogens is 264 g/mol. The lowest BCUT2D eigenvalue weighted by Crippen LogP contribution is -2.26. The van der Waals surface area contributed by atoms with Crippen LogP contribution in [0.15, 0.2) is 24.7 Å². The van der Waals surface area contributed by atoms with Gasteiger partial charge in [0.15, 0.2) is 5.82 Å². The van der Waals surface area contributed by atoms with Crippen molar-refractivity contribution in [2.75, 3.05) is 5.32 Å². The molecule has 0 aliphatic rings. The average Bonchev–Trinajstić information content (AvgIpc) is 3.00. The first kappa shape index (κ1) is 13.7. The van der Waals surface area contributed by atoms with Crippen LogP contribution < -0.4 is 5.32 Å². The minimum Gasteiger partial charge on any atom is -0.307 e. The lowest BCUT2D eigenvalue weighted by Gasteiger charge is -2.13. The fourth-order valence-electron chi connectivity index (χ4n) is 1.78. The molecule has 1 atom stereocenters. The lowest BCUT2D eigenvalue weighted by atomic mass is 10.2. The highest BCUT2D eigenvalue weighted by atomic mass is 16.6. The zero-order valence-corrected chi connectivity index (χ0v) is 11.1. The maximum Gasteiger partial charge on any atom is 0.307 e. The first-order valence-corrected chi connectivity index (χ1v) is 6.00. The van der Waals surface area contributed by atoms with E-state index < -0.39 is 11.0 Å². The highest BCUT2D eigenvalue weighted by molar-refractivity contribution is 5.92. The number of carbonyl (C=O) groups excluding carboxylic acids is 1. The van der Waals surface area contributed by atoms with Gasteiger partial charge in [0.1, 0.15) is 18.4 Å². The van der Waals surface area contributed by atoms with Crippen molar-refractivity contribution < 1.29 is 9.72 Å². The molecular formula is C11H14N6O3. The molecule has 20 heavy (non-hydrogen) atoms. The molecule has 9 heteroatoms. The quantitative estimate of drug-likeness (QED) is 0.651. The van der Waals surface area contributed by atoms with Gasteiger partial charge in [-0.25, -0.2) is 0 Å². The van der Waals surface area contributed by atoms with E-state index in [9.17, 15) is 14.9 Å². The van der Waals surface area contributed by atoms with Crippen LogP contribution in [0, 0.1) is 10.1 Å². The first-order chi connectivity index (χ1) is 9.51. The molecule has 0 fully saturated rings. The Labute approximate surface area is 114 Å². The molecule has 0 aliphatic carbocycles. The Balaban J connectivity index is 2.14. The van der Waals surface area contributed by atoms with Crippen molar-refractivity contribution in [2.45, 2.75) is 19.4 Å². The maximum atomic E-state index is 12.1. The topological polar surface area (TPSA) is 108 Å². The van der Waals surface area contributed by atoms with E-state index in [1.807, 2.05) is 0 Å².